The van der Waals surface area contributed by atoms with Crippen molar-refractivity contribution >= 4 is 23.0 Å². The zero-order chi connectivity index (χ0) is 23.7. The van der Waals surface area contributed by atoms with Gasteiger partial charge in [-0.2, -0.15) is 0 Å². The van der Waals surface area contributed by atoms with Gasteiger partial charge in [-0.1, -0.05) is 140 Å². The van der Waals surface area contributed by atoms with Crippen LogP contribution in [-0.4, -0.2) is 5.11 Å². The van der Waals surface area contributed by atoms with Crippen molar-refractivity contribution < 1.29 is 5.11 Å². The van der Waals surface area contributed by atoms with Crippen LogP contribution in [0.15, 0.2) is 144 Å². The maximum absolute atomic E-state index is 11.8. The predicted molar refractivity (Wildman–Crippen MR) is 147 cm³/mol. The highest BCUT2D eigenvalue weighted by atomic mass is 31.2. The molecule has 0 spiro atoms. The highest BCUT2D eigenvalue weighted by molar-refractivity contribution is 7.87. The van der Waals surface area contributed by atoms with E-state index in [-0.39, 0.29) is 0 Å². The highest BCUT2D eigenvalue weighted by Gasteiger charge is 2.36. The summed E-state index contributed by atoms with van der Waals surface area (Å²) >= 11 is 0. The van der Waals surface area contributed by atoms with Crippen molar-refractivity contribution in [3.05, 3.63) is 151 Å². The highest BCUT2D eigenvalue weighted by Crippen LogP contribution is 2.54. The third kappa shape index (κ3) is 3.67. The fourth-order valence-electron chi connectivity index (χ4n) is 5.23. The van der Waals surface area contributed by atoms with Gasteiger partial charge in [0.05, 0.1) is 7.05 Å². The lowest BCUT2D eigenvalue weighted by Gasteiger charge is -2.35. The van der Waals surface area contributed by atoms with Gasteiger partial charge in [-0.15, -0.1) is 0 Å². The van der Waals surface area contributed by atoms with Gasteiger partial charge in [-0.05, 0) is 22.3 Å². The van der Waals surface area contributed by atoms with Crippen LogP contribution in [0.25, 0.3) is 11.1 Å². The normalized spacial score (nSPS) is 16.7. The lowest BCUT2D eigenvalue weighted by molar-refractivity contribution is 0.147. The van der Waals surface area contributed by atoms with E-state index in [1.807, 2.05) is 18.2 Å². The zero-order valence-corrected chi connectivity index (χ0v) is 20.2. The topological polar surface area (TPSA) is 32.6 Å². The summed E-state index contributed by atoms with van der Waals surface area (Å²) in [6.45, 7) is 0. The molecule has 0 saturated carbocycles. The van der Waals surface area contributed by atoms with E-state index < -0.39 is 19.2 Å². The van der Waals surface area contributed by atoms with Crippen LogP contribution in [0.2, 0.25) is 0 Å². The standard InChI is InChI=1S/C32H26NOP/c34-32-30-23-13-11-21-28(30)27-20-10-12-22-29(27)31(32)33-35(24-14-4-1-5-15-24,25-16-6-2-7-17-25)26-18-8-3-9-19-26/h1-23,31-32,34H. The molecule has 0 aromatic heterocycles. The summed E-state index contributed by atoms with van der Waals surface area (Å²) in [5, 5.41) is 15.3. The molecule has 35 heavy (non-hydrogen) atoms. The van der Waals surface area contributed by atoms with Crippen LogP contribution in [0, 0.1) is 0 Å². The third-order valence-electron chi connectivity index (χ3n) is 6.84. The van der Waals surface area contributed by atoms with Crippen LogP contribution in [-0.2, 0) is 0 Å². The van der Waals surface area contributed by atoms with Gasteiger partial charge in [0, 0.05) is 15.9 Å². The Morgan fingerprint density at radius 3 is 1.31 bits per heavy atom. The maximum atomic E-state index is 11.8. The second kappa shape index (κ2) is 9.15. The molecule has 0 fully saturated rings. The quantitative estimate of drug-likeness (QED) is 0.294. The van der Waals surface area contributed by atoms with Gasteiger partial charge in [0.15, 0.2) is 0 Å². The lowest BCUT2D eigenvalue weighted by atomic mass is 9.81. The molecule has 0 amide bonds. The number of rotatable bonds is 4. The van der Waals surface area contributed by atoms with Crippen molar-refractivity contribution in [1.29, 1.82) is 0 Å². The van der Waals surface area contributed by atoms with E-state index in [9.17, 15) is 5.11 Å². The molecule has 5 aromatic rings. The monoisotopic (exact) mass is 471 g/mol. The molecule has 170 valence electrons. The molecule has 0 bridgehead atoms. The van der Waals surface area contributed by atoms with Gasteiger partial charge < -0.3 is 5.11 Å². The van der Waals surface area contributed by atoms with Gasteiger partial charge in [0.2, 0.25) is 0 Å². The summed E-state index contributed by atoms with van der Waals surface area (Å²) in [6.07, 6.45) is -0.725. The smallest absolute Gasteiger partial charge is 0.106 e. The first-order chi connectivity index (χ1) is 17.3. The molecule has 5 aromatic carbocycles. The minimum atomic E-state index is -2.46. The molecule has 1 N–H and O–H groups in total. The summed E-state index contributed by atoms with van der Waals surface area (Å²) in [5.74, 6) is 0. The van der Waals surface area contributed by atoms with Crippen LogP contribution in [0.5, 0.6) is 0 Å². The van der Waals surface area contributed by atoms with Gasteiger partial charge in [0.25, 0.3) is 0 Å². The van der Waals surface area contributed by atoms with Gasteiger partial charge in [-0.25, -0.2) is 0 Å². The fraction of sp³-hybridized carbons (Fsp3) is 0.0625. The first kappa shape index (κ1) is 21.8. The first-order valence-electron chi connectivity index (χ1n) is 11.9. The largest absolute Gasteiger partial charge is 0.386 e. The van der Waals surface area contributed by atoms with Crippen LogP contribution in [0.1, 0.15) is 23.3 Å². The van der Waals surface area contributed by atoms with Crippen molar-refractivity contribution in [3.8, 4) is 11.1 Å². The Bertz CT molecular complexity index is 1410. The molecule has 3 heteroatoms. The number of fused-ring (bicyclic) bond motifs is 3. The molecule has 0 aliphatic heterocycles. The average Bonchev–Trinajstić information content (AvgIpc) is 2.95. The van der Waals surface area contributed by atoms with Crippen LogP contribution >= 0.6 is 7.05 Å². The van der Waals surface area contributed by atoms with Crippen LogP contribution in [0.4, 0.5) is 0 Å². The maximum Gasteiger partial charge on any atom is 0.106 e. The minimum absolute atomic E-state index is 0.393. The third-order valence-corrected chi connectivity index (χ3v) is 10.6. The summed E-state index contributed by atoms with van der Waals surface area (Å²) in [4.78, 5) is 0. The van der Waals surface area contributed by atoms with Gasteiger partial charge in [-0.3, -0.25) is 4.74 Å². The lowest BCUT2D eigenvalue weighted by Crippen LogP contribution is -2.27. The molecule has 1 aliphatic rings. The Morgan fingerprint density at radius 1 is 0.457 bits per heavy atom. The van der Waals surface area contributed by atoms with Gasteiger partial charge >= 0.3 is 0 Å². The van der Waals surface area contributed by atoms with E-state index in [1.165, 1.54) is 15.9 Å². The average molecular weight is 472 g/mol. The van der Waals surface area contributed by atoms with Crippen LogP contribution < -0.4 is 15.9 Å². The molecular weight excluding hydrogens is 445 g/mol. The Labute approximate surface area is 206 Å². The number of aliphatic hydroxyl groups is 1. The van der Waals surface area contributed by atoms with E-state index in [2.05, 4.69) is 121 Å². The number of benzene rings is 5. The van der Waals surface area contributed by atoms with E-state index in [0.717, 1.165) is 22.3 Å². The van der Waals surface area contributed by atoms with Crippen molar-refractivity contribution in [2.24, 2.45) is 4.74 Å². The Kier molecular flexibility index (Phi) is 5.70. The summed E-state index contributed by atoms with van der Waals surface area (Å²) in [6, 6.07) is 48.0. The van der Waals surface area contributed by atoms with E-state index in [0.29, 0.717) is 0 Å². The SMILES string of the molecule is OC1c2ccccc2-c2ccccc2C1N=P(c1ccccc1)(c1ccccc1)c1ccccc1. The number of nitrogens with zero attached hydrogens (tertiary/aromatic N) is 1. The number of hydrogen-bond donors (Lipinski definition) is 1. The van der Waals surface area contributed by atoms with E-state index in [1.54, 1.807) is 0 Å². The Hall–Kier alpha value is -3.71. The van der Waals surface area contributed by atoms with Crippen molar-refractivity contribution in [2.75, 3.05) is 0 Å². The second-order valence-electron chi connectivity index (χ2n) is 8.82. The van der Waals surface area contributed by atoms with Crippen molar-refractivity contribution in [1.82, 2.24) is 0 Å². The van der Waals surface area contributed by atoms with Crippen molar-refractivity contribution in [3.63, 3.8) is 0 Å². The zero-order valence-electron chi connectivity index (χ0n) is 19.3. The summed E-state index contributed by atoms with van der Waals surface area (Å²) in [5.41, 5.74) is 4.25. The summed E-state index contributed by atoms with van der Waals surface area (Å²) < 4.78 is 5.76. The van der Waals surface area contributed by atoms with E-state index in [4.69, 9.17) is 4.74 Å². The first-order valence-corrected chi connectivity index (χ1v) is 13.7. The molecule has 1 aliphatic carbocycles. The molecule has 0 radical (unpaired) electrons. The Morgan fingerprint density at radius 2 is 0.829 bits per heavy atom. The molecule has 2 nitrogen and oxygen atoms in total. The van der Waals surface area contributed by atoms with Crippen LogP contribution in [0.3, 0.4) is 0 Å². The molecular formula is C32H26NOP. The molecule has 0 saturated heterocycles. The molecule has 2 atom stereocenters. The van der Waals surface area contributed by atoms with E-state index >= 15 is 0 Å². The fourth-order valence-corrected chi connectivity index (χ4v) is 8.96. The number of hydrogen-bond acceptors (Lipinski definition) is 2. The number of aliphatic hydroxyl groups excluding tert-OH is 1. The molecule has 0 heterocycles. The van der Waals surface area contributed by atoms with Crippen molar-refractivity contribution in [2.45, 2.75) is 12.1 Å². The summed E-state index contributed by atoms with van der Waals surface area (Å²) in [7, 11) is -2.46. The van der Waals surface area contributed by atoms with Gasteiger partial charge in [0.1, 0.15) is 12.1 Å². The Balaban J connectivity index is 1.72. The predicted octanol–water partition coefficient (Wildman–Crippen LogP) is 6.62. The molecule has 6 rings (SSSR count). The molecule has 2 unspecified atom stereocenters. The minimum Gasteiger partial charge on any atom is -0.386 e. The second-order valence-corrected chi connectivity index (χ2v) is 11.9.